The third-order valence-electron chi connectivity index (χ3n) is 3.44. The Labute approximate surface area is 124 Å². The van der Waals surface area contributed by atoms with Crippen LogP contribution in [-0.2, 0) is 17.7 Å². The number of rotatable bonds is 8. The highest BCUT2D eigenvalue weighted by Crippen LogP contribution is 2.21. The lowest BCUT2D eigenvalue weighted by molar-refractivity contribution is 0.0699. The van der Waals surface area contributed by atoms with E-state index >= 15 is 0 Å². The van der Waals surface area contributed by atoms with Gasteiger partial charge in [-0.05, 0) is 31.9 Å². The number of hydrogen-bond acceptors (Lipinski definition) is 3. The molecule has 21 heavy (non-hydrogen) atoms. The van der Waals surface area contributed by atoms with Crippen LogP contribution < -0.4 is 0 Å². The van der Waals surface area contributed by atoms with E-state index in [2.05, 4.69) is 16.5 Å². The molecule has 5 nitrogen and oxygen atoms in total. The standard InChI is InChI=1S/C16H22N2O3/c1-3-7-14-17-15-12(16(19)20)8-5-9-13(15)18(14)10-6-11-21-4-2/h5,8-9H,3-4,6-7,10-11H2,1-2H3,(H,19,20). The number of carboxylic acids is 1. The SMILES string of the molecule is CCCc1nc2c(C(=O)O)cccc2n1CCCOCC. The first-order chi connectivity index (χ1) is 10.2. The molecule has 0 fully saturated rings. The van der Waals surface area contributed by atoms with Crippen molar-refractivity contribution < 1.29 is 14.6 Å². The molecule has 0 amide bonds. The number of aromatic carboxylic acids is 1. The second-order valence-electron chi connectivity index (χ2n) is 4.96. The summed E-state index contributed by atoms with van der Waals surface area (Å²) in [7, 11) is 0. The number of imidazole rings is 1. The second-order valence-corrected chi connectivity index (χ2v) is 4.96. The molecular weight excluding hydrogens is 268 g/mol. The molecule has 0 saturated carbocycles. The highest BCUT2D eigenvalue weighted by molar-refractivity contribution is 6.01. The molecule has 1 aromatic carbocycles. The fraction of sp³-hybridized carbons (Fsp3) is 0.500. The van der Waals surface area contributed by atoms with Crippen molar-refractivity contribution in [2.75, 3.05) is 13.2 Å². The Morgan fingerprint density at radius 1 is 1.38 bits per heavy atom. The van der Waals surface area contributed by atoms with Crippen LogP contribution in [-0.4, -0.2) is 33.8 Å². The zero-order valence-corrected chi connectivity index (χ0v) is 12.6. The number of aryl methyl sites for hydroxylation is 2. The van der Waals surface area contributed by atoms with E-state index in [1.165, 1.54) is 0 Å². The van der Waals surface area contributed by atoms with Crippen molar-refractivity contribution in [3.05, 3.63) is 29.6 Å². The zero-order chi connectivity index (χ0) is 15.2. The molecular formula is C16H22N2O3. The molecule has 0 spiro atoms. The predicted molar refractivity (Wildman–Crippen MR) is 81.8 cm³/mol. The van der Waals surface area contributed by atoms with Crippen LogP contribution in [0.1, 0.15) is 42.9 Å². The van der Waals surface area contributed by atoms with Crippen LogP contribution in [0.15, 0.2) is 18.2 Å². The van der Waals surface area contributed by atoms with Crippen molar-refractivity contribution in [2.45, 2.75) is 39.7 Å². The van der Waals surface area contributed by atoms with Gasteiger partial charge in [-0.3, -0.25) is 0 Å². The van der Waals surface area contributed by atoms with Crippen LogP contribution >= 0.6 is 0 Å². The molecule has 0 aliphatic rings. The molecule has 1 heterocycles. The Morgan fingerprint density at radius 3 is 2.86 bits per heavy atom. The Morgan fingerprint density at radius 2 is 2.19 bits per heavy atom. The summed E-state index contributed by atoms with van der Waals surface area (Å²) >= 11 is 0. The van der Waals surface area contributed by atoms with Gasteiger partial charge in [-0.15, -0.1) is 0 Å². The van der Waals surface area contributed by atoms with Crippen LogP contribution in [0.2, 0.25) is 0 Å². The first kappa shape index (κ1) is 15.5. The average Bonchev–Trinajstić information content (AvgIpc) is 2.81. The Kier molecular flexibility index (Phi) is 5.33. The van der Waals surface area contributed by atoms with Crippen molar-refractivity contribution >= 4 is 17.0 Å². The number of hydrogen-bond donors (Lipinski definition) is 1. The first-order valence-electron chi connectivity index (χ1n) is 7.48. The van der Waals surface area contributed by atoms with Gasteiger partial charge < -0.3 is 14.4 Å². The fourth-order valence-electron chi connectivity index (χ4n) is 2.50. The van der Waals surface area contributed by atoms with Gasteiger partial charge in [0, 0.05) is 26.2 Å². The van der Waals surface area contributed by atoms with E-state index in [1.54, 1.807) is 12.1 Å². The Hall–Kier alpha value is -1.88. The number of carboxylic acid groups (broad SMARTS) is 1. The Bertz CT molecular complexity index is 619. The summed E-state index contributed by atoms with van der Waals surface area (Å²) in [5.74, 6) is 0.0281. The molecule has 0 bridgehead atoms. The maximum Gasteiger partial charge on any atom is 0.337 e. The summed E-state index contributed by atoms with van der Waals surface area (Å²) < 4.78 is 7.51. The number of ether oxygens (including phenoxy) is 1. The van der Waals surface area contributed by atoms with Crippen LogP contribution in [0.3, 0.4) is 0 Å². The van der Waals surface area contributed by atoms with Gasteiger partial charge >= 0.3 is 5.97 Å². The van der Waals surface area contributed by atoms with Gasteiger partial charge in [0.1, 0.15) is 11.3 Å². The third kappa shape index (κ3) is 3.42. The zero-order valence-electron chi connectivity index (χ0n) is 12.6. The molecule has 0 aliphatic heterocycles. The van der Waals surface area contributed by atoms with E-state index in [1.807, 2.05) is 13.0 Å². The molecule has 0 radical (unpaired) electrons. The maximum absolute atomic E-state index is 11.3. The Balaban J connectivity index is 2.38. The molecule has 2 aromatic rings. The summed E-state index contributed by atoms with van der Waals surface area (Å²) in [5, 5.41) is 9.29. The maximum atomic E-state index is 11.3. The second kappa shape index (κ2) is 7.22. The summed E-state index contributed by atoms with van der Waals surface area (Å²) in [5.41, 5.74) is 1.76. The van der Waals surface area contributed by atoms with Crippen molar-refractivity contribution in [3.63, 3.8) is 0 Å². The topological polar surface area (TPSA) is 64.3 Å². The van der Waals surface area contributed by atoms with E-state index in [0.717, 1.165) is 43.8 Å². The quantitative estimate of drug-likeness (QED) is 0.759. The summed E-state index contributed by atoms with van der Waals surface area (Å²) in [6, 6.07) is 5.33. The van der Waals surface area contributed by atoms with E-state index in [9.17, 15) is 9.90 Å². The average molecular weight is 290 g/mol. The van der Waals surface area contributed by atoms with Crippen LogP contribution in [0.4, 0.5) is 0 Å². The highest BCUT2D eigenvalue weighted by atomic mass is 16.5. The molecule has 0 atom stereocenters. The lowest BCUT2D eigenvalue weighted by atomic mass is 10.2. The van der Waals surface area contributed by atoms with Crippen molar-refractivity contribution in [1.29, 1.82) is 0 Å². The van der Waals surface area contributed by atoms with Crippen LogP contribution in [0.25, 0.3) is 11.0 Å². The summed E-state index contributed by atoms with van der Waals surface area (Å²) in [4.78, 5) is 15.9. The van der Waals surface area contributed by atoms with E-state index in [-0.39, 0.29) is 5.56 Å². The van der Waals surface area contributed by atoms with Crippen molar-refractivity contribution in [2.24, 2.45) is 0 Å². The van der Waals surface area contributed by atoms with Gasteiger partial charge in [-0.2, -0.15) is 0 Å². The first-order valence-corrected chi connectivity index (χ1v) is 7.48. The lowest BCUT2D eigenvalue weighted by Crippen LogP contribution is -2.06. The van der Waals surface area contributed by atoms with Crippen LogP contribution in [0, 0.1) is 0 Å². The number of nitrogens with zero attached hydrogens (tertiary/aromatic N) is 2. The van der Waals surface area contributed by atoms with Crippen molar-refractivity contribution in [3.8, 4) is 0 Å². The molecule has 2 rings (SSSR count). The van der Waals surface area contributed by atoms with E-state index in [0.29, 0.717) is 12.1 Å². The normalized spacial score (nSPS) is 11.1. The fourth-order valence-corrected chi connectivity index (χ4v) is 2.50. The third-order valence-corrected chi connectivity index (χ3v) is 3.44. The highest BCUT2D eigenvalue weighted by Gasteiger charge is 2.16. The molecule has 1 aromatic heterocycles. The monoisotopic (exact) mass is 290 g/mol. The van der Waals surface area contributed by atoms with E-state index < -0.39 is 5.97 Å². The molecule has 5 heteroatoms. The van der Waals surface area contributed by atoms with E-state index in [4.69, 9.17) is 4.74 Å². The minimum atomic E-state index is -0.928. The summed E-state index contributed by atoms with van der Waals surface area (Å²) in [6.07, 6.45) is 2.73. The van der Waals surface area contributed by atoms with Crippen molar-refractivity contribution in [1.82, 2.24) is 9.55 Å². The summed E-state index contributed by atoms with van der Waals surface area (Å²) in [6.45, 7) is 6.31. The smallest absolute Gasteiger partial charge is 0.337 e. The largest absolute Gasteiger partial charge is 0.478 e. The number of aromatic nitrogens is 2. The van der Waals surface area contributed by atoms with Gasteiger partial charge in [0.25, 0.3) is 0 Å². The van der Waals surface area contributed by atoms with Gasteiger partial charge in [0.15, 0.2) is 0 Å². The van der Waals surface area contributed by atoms with Gasteiger partial charge in [-0.25, -0.2) is 9.78 Å². The molecule has 114 valence electrons. The molecule has 0 unspecified atom stereocenters. The number of para-hydroxylation sites is 1. The van der Waals surface area contributed by atoms with Crippen LogP contribution in [0.5, 0.6) is 0 Å². The number of carbonyl (C=O) groups is 1. The number of fused-ring (bicyclic) bond motifs is 1. The molecule has 0 aliphatic carbocycles. The number of benzene rings is 1. The molecule has 1 N–H and O–H groups in total. The molecule has 0 saturated heterocycles. The minimum Gasteiger partial charge on any atom is -0.478 e. The minimum absolute atomic E-state index is 0.272. The lowest BCUT2D eigenvalue weighted by Gasteiger charge is -2.08. The van der Waals surface area contributed by atoms with Gasteiger partial charge in [0.05, 0.1) is 11.1 Å². The van der Waals surface area contributed by atoms with Gasteiger partial charge in [0.2, 0.25) is 0 Å². The predicted octanol–water partition coefficient (Wildman–Crippen LogP) is 3.11. The van der Waals surface area contributed by atoms with Gasteiger partial charge in [-0.1, -0.05) is 13.0 Å².